The van der Waals surface area contributed by atoms with Crippen molar-refractivity contribution in [3.63, 3.8) is 0 Å². The number of hydrogen-bond acceptors (Lipinski definition) is 3. The SMILES string of the molecule is CSC(C)(C)C(NC(C)=O)C(=O)O. The molecule has 0 saturated carbocycles. The zero-order chi connectivity index (χ0) is 10.6. The van der Waals surface area contributed by atoms with E-state index < -0.39 is 16.8 Å². The highest BCUT2D eigenvalue weighted by atomic mass is 32.2. The van der Waals surface area contributed by atoms with Crippen molar-refractivity contribution >= 4 is 23.6 Å². The normalized spacial score (nSPS) is 13.5. The first-order valence-corrected chi connectivity index (χ1v) is 5.08. The molecule has 0 heterocycles. The summed E-state index contributed by atoms with van der Waals surface area (Å²) < 4.78 is -0.502. The number of carbonyl (C=O) groups is 2. The largest absolute Gasteiger partial charge is 0.480 e. The Morgan fingerprint density at radius 3 is 2.15 bits per heavy atom. The van der Waals surface area contributed by atoms with E-state index in [-0.39, 0.29) is 5.91 Å². The summed E-state index contributed by atoms with van der Waals surface area (Å²) in [6.07, 6.45) is 1.82. The van der Waals surface area contributed by atoms with Crippen LogP contribution in [0.2, 0.25) is 0 Å². The number of hydrogen-bond donors (Lipinski definition) is 2. The Morgan fingerprint density at radius 1 is 1.46 bits per heavy atom. The van der Waals surface area contributed by atoms with Crippen LogP contribution in [0.1, 0.15) is 20.8 Å². The lowest BCUT2D eigenvalue weighted by atomic mass is 10.0. The number of thioether (sulfide) groups is 1. The molecule has 1 amide bonds. The molecule has 0 rings (SSSR count). The van der Waals surface area contributed by atoms with Gasteiger partial charge in [-0.05, 0) is 20.1 Å². The molecular formula is C8H15NO3S. The number of rotatable bonds is 4. The molecule has 0 bridgehead atoms. The van der Waals surface area contributed by atoms with Gasteiger partial charge in [0, 0.05) is 11.7 Å². The molecule has 4 nitrogen and oxygen atoms in total. The molecule has 0 aromatic carbocycles. The van der Waals surface area contributed by atoms with E-state index in [9.17, 15) is 9.59 Å². The molecule has 2 N–H and O–H groups in total. The summed E-state index contributed by atoms with van der Waals surface area (Å²) in [6.45, 7) is 4.88. The van der Waals surface area contributed by atoms with Crippen molar-refractivity contribution < 1.29 is 14.7 Å². The molecule has 1 unspecified atom stereocenters. The van der Waals surface area contributed by atoms with E-state index >= 15 is 0 Å². The van der Waals surface area contributed by atoms with E-state index in [4.69, 9.17) is 5.11 Å². The van der Waals surface area contributed by atoms with Gasteiger partial charge in [-0.3, -0.25) is 4.79 Å². The van der Waals surface area contributed by atoms with Gasteiger partial charge >= 0.3 is 5.97 Å². The van der Waals surface area contributed by atoms with E-state index in [2.05, 4.69) is 5.32 Å². The van der Waals surface area contributed by atoms with Crippen LogP contribution in [0.25, 0.3) is 0 Å². The van der Waals surface area contributed by atoms with Crippen LogP contribution in [-0.4, -0.2) is 34.0 Å². The van der Waals surface area contributed by atoms with Gasteiger partial charge < -0.3 is 10.4 Å². The Balaban J connectivity index is 4.60. The summed E-state index contributed by atoms with van der Waals surface area (Å²) in [5, 5.41) is 11.3. The molecule has 0 radical (unpaired) electrons. The number of amides is 1. The Kier molecular flexibility index (Phi) is 4.26. The van der Waals surface area contributed by atoms with Gasteiger partial charge in [0.15, 0.2) is 0 Å². The number of carbonyl (C=O) groups excluding carboxylic acids is 1. The second-order valence-corrected chi connectivity index (χ2v) is 4.74. The molecule has 0 aromatic rings. The summed E-state index contributed by atoms with van der Waals surface area (Å²) in [5.74, 6) is -1.33. The molecule has 5 heteroatoms. The standard InChI is InChI=1S/C8H15NO3S/c1-5(10)9-6(7(11)12)8(2,3)13-4/h6H,1-4H3,(H,9,10)(H,11,12). The van der Waals surface area contributed by atoms with Crippen molar-refractivity contribution in [2.75, 3.05) is 6.26 Å². The molecular weight excluding hydrogens is 190 g/mol. The maximum Gasteiger partial charge on any atom is 0.327 e. The summed E-state index contributed by atoms with van der Waals surface area (Å²) in [7, 11) is 0. The maximum absolute atomic E-state index is 10.8. The minimum atomic E-state index is -1.01. The predicted molar refractivity (Wildman–Crippen MR) is 52.8 cm³/mol. The minimum Gasteiger partial charge on any atom is -0.480 e. The van der Waals surface area contributed by atoms with Crippen molar-refractivity contribution in [3.05, 3.63) is 0 Å². The molecule has 0 spiro atoms. The highest BCUT2D eigenvalue weighted by Gasteiger charge is 2.35. The quantitative estimate of drug-likeness (QED) is 0.709. The van der Waals surface area contributed by atoms with E-state index in [0.29, 0.717) is 0 Å². The zero-order valence-corrected chi connectivity index (χ0v) is 9.07. The monoisotopic (exact) mass is 205 g/mol. The fraction of sp³-hybridized carbons (Fsp3) is 0.750. The van der Waals surface area contributed by atoms with Crippen LogP contribution in [0.4, 0.5) is 0 Å². The van der Waals surface area contributed by atoms with Crippen molar-refractivity contribution in [3.8, 4) is 0 Å². The van der Waals surface area contributed by atoms with Gasteiger partial charge in [0.05, 0.1) is 0 Å². The summed E-state index contributed by atoms with van der Waals surface area (Å²) in [4.78, 5) is 21.5. The molecule has 76 valence electrons. The van der Waals surface area contributed by atoms with Gasteiger partial charge in [-0.1, -0.05) is 0 Å². The van der Waals surface area contributed by atoms with Gasteiger partial charge in [-0.15, -0.1) is 0 Å². The molecule has 0 aliphatic rings. The topological polar surface area (TPSA) is 66.4 Å². The van der Waals surface area contributed by atoms with E-state index in [1.807, 2.05) is 6.26 Å². The summed E-state index contributed by atoms with van der Waals surface area (Å²) in [5.41, 5.74) is 0. The average molecular weight is 205 g/mol. The van der Waals surface area contributed by atoms with Gasteiger partial charge in [0.1, 0.15) is 6.04 Å². The number of carboxylic acid groups (broad SMARTS) is 1. The first kappa shape index (κ1) is 12.3. The first-order valence-electron chi connectivity index (χ1n) is 3.86. The Bertz CT molecular complexity index is 215. The Morgan fingerprint density at radius 2 is 1.92 bits per heavy atom. The molecule has 0 aromatic heterocycles. The molecule has 0 aliphatic carbocycles. The minimum absolute atomic E-state index is 0.325. The molecule has 1 atom stereocenters. The third-order valence-corrected chi connectivity index (χ3v) is 3.10. The summed E-state index contributed by atoms with van der Waals surface area (Å²) >= 11 is 1.41. The molecule has 0 saturated heterocycles. The van der Waals surface area contributed by atoms with Gasteiger partial charge in [0.2, 0.25) is 5.91 Å². The second-order valence-electron chi connectivity index (χ2n) is 3.28. The van der Waals surface area contributed by atoms with Crippen LogP contribution >= 0.6 is 11.8 Å². The fourth-order valence-corrected chi connectivity index (χ4v) is 1.25. The fourth-order valence-electron chi connectivity index (χ4n) is 0.854. The predicted octanol–water partition coefficient (Wildman–Crippen LogP) is 0.717. The van der Waals surface area contributed by atoms with Crippen molar-refractivity contribution in [1.82, 2.24) is 5.32 Å². The summed E-state index contributed by atoms with van der Waals surface area (Å²) in [6, 6.07) is -0.847. The second kappa shape index (κ2) is 4.50. The van der Waals surface area contributed by atoms with E-state index in [1.165, 1.54) is 18.7 Å². The van der Waals surface area contributed by atoms with Crippen LogP contribution in [0.3, 0.4) is 0 Å². The Hall–Kier alpha value is -0.710. The van der Waals surface area contributed by atoms with Crippen LogP contribution in [0.5, 0.6) is 0 Å². The Labute approximate surface area is 82.1 Å². The maximum atomic E-state index is 10.8. The van der Waals surface area contributed by atoms with Crippen molar-refractivity contribution in [2.24, 2.45) is 0 Å². The smallest absolute Gasteiger partial charge is 0.327 e. The van der Waals surface area contributed by atoms with Crippen molar-refractivity contribution in [2.45, 2.75) is 31.6 Å². The number of aliphatic carboxylic acids is 1. The lowest BCUT2D eigenvalue weighted by molar-refractivity contribution is -0.142. The lowest BCUT2D eigenvalue weighted by Gasteiger charge is -2.29. The van der Waals surface area contributed by atoms with Crippen LogP contribution in [0, 0.1) is 0 Å². The van der Waals surface area contributed by atoms with Crippen LogP contribution < -0.4 is 5.32 Å². The molecule has 13 heavy (non-hydrogen) atoms. The highest BCUT2D eigenvalue weighted by Crippen LogP contribution is 2.25. The number of carboxylic acids is 1. The van der Waals surface area contributed by atoms with Crippen LogP contribution in [-0.2, 0) is 9.59 Å². The zero-order valence-electron chi connectivity index (χ0n) is 8.25. The third-order valence-electron chi connectivity index (χ3n) is 1.82. The van der Waals surface area contributed by atoms with Gasteiger partial charge in [-0.25, -0.2) is 4.79 Å². The van der Waals surface area contributed by atoms with Gasteiger partial charge in [-0.2, -0.15) is 11.8 Å². The average Bonchev–Trinajstić information content (AvgIpc) is 1.99. The highest BCUT2D eigenvalue weighted by molar-refractivity contribution is 8.00. The van der Waals surface area contributed by atoms with Crippen molar-refractivity contribution in [1.29, 1.82) is 0 Å². The lowest BCUT2D eigenvalue weighted by Crippen LogP contribution is -2.51. The van der Waals surface area contributed by atoms with E-state index in [0.717, 1.165) is 0 Å². The molecule has 0 aliphatic heterocycles. The van der Waals surface area contributed by atoms with Gasteiger partial charge in [0.25, 0.3) is 0 Å². The third kappa shape index (κ3) is 3.67. The first-order chi connectivity index (χ1) is 5.81. The van der Waals surface area contributed by atoms with Crippen LogP contribution in [0.15, 0.2) is 0 Å². The molecule has 0 fully saturated rings. The van der Waals surface area contributed by atoms with E-state index in [1.54, 1.807) is 13.8 Å². The number of nitrogens with one attached hydrogen (secondary N) is 1.